The lowest BCUT2D eigenvalue weighted by atomic mass is 10.4. The number of oxazole rings is 1. The van der Waals surface area contributed by atoms with Gasteiger partial charge in [-0.3, -0.25) is 0 Å². The molecule has 0 aliphatic carbocycles. The van der Waals surface area contributed by atoms with Crippen LogP contribution in [-0.2, 0) is 6.54 Å². The van der Waals surface area contributed by atoms with Crippen molar-refractivity contribution in [1.82, 2.24) is 20.0 Å². The molecule has 0 saturated carbocycles. The summed E-state index contributed by atoms with van der Waals surface area (Å²) in [6.07, 6.45) is 3.05. The zero-order chi connectivity index (χ0) is 9.26. The van der Waals surface area contributed by atoms with Crippen LogP contribution in [-0.4, -0.2) is 20.0 Å². The maximum Gasteiger partial charge on any atom is 0.181 e. The molecule has 13 heavy (non-hydrogen) atoms. The Morgan fingerprint density at radius 1 is 1.62 bits per heavy atom. The molecule has 0 aliphatic heterocycles. The molecule has 0 radical (unpaired) electrons. The number of anilines is 1. The first-order valence-electron chi connectivity index (χ1n) is 3.80. The molecule has 2 aromatic heterocycles. The van der Waals surface area contributed by atoms with Gasteiger partial charge < -0.3 is 10.2 Å². The molecule has 2 heterocycles. The summed E-state index contributed by atoms with van der Waals surface area (Å²) in [5.41, 5.74) is 6.25. The lowest BCUT2D eigenvalue weighted by Crippen LogP contribution is -2.01. The molecule has 0 fully saturated rings. The lowest BCUT2D eigenvalue weighted by molar-refractivity contribution is 0.521. The average molecular weight is 179 g/mol. The van der Waals surface area contributed by atoms with Crippen molar-refractivity contribution in [1.29, 1.82) is 0 Å². The maximum absolute atomic E-state index is 5.41. The van der Waals surface area contributed by atoms with Crippen LogP contribution in [0.25, 0.3) is 0 Å². The molecule has 2 aromatic rings. The maximum atomic E-state index is 5.41. The smallest absolute Gasteiger partial charge is 0.181 e. The minimum absolute atomic E-state index is 0.404. The van der Waals surface area contributed by atoms with Gasteiger partial charge in [-0.05, 0) is 6.92 Å². The molecule has 2 N–H and O–H groups in total. The molecule has 0 spiro atoms. The second-order valence-electron chi connectivity index (χ2n) is 2.70. The van der Waals surface area contributed by atoms with Crippen molar-refractivity contribution in [2.45, 2.75) is 13.5 Å². The number of nitrogens with zero attached hydrogens (tertiary/aromatic N) is 4. The normalized spacial score (nSPS) is 10.5. The summed E-state index contributed by atoms with van der Waals surface area (Å²) in [4.78, 5) is 4.02. The van der Waals surface area contributed by atoms with E-state index in [9.17, 15) is 0 Å². The largest absolute Gasteiger partial charge is 0.448 e. The van der Waals surface area contributed by atoms with Gasteiger partial charge in [-0.1, -0.05) is 5.21 Å². The third-order valence-electron chi connectivity index (χ3n) is 1.71. The van der Waals surface area contributed by atoms with Crippen LogP contribution in [0.2, 0.25) is 0 Å². The summed E-state index contributed by atoms with van der Waals surface area (Å²) in [6.45, 7) is 2.38. The number of nitrogens with two attached hydrogens (primary N) is 1. The van der Waals surface area contributed by atoms with Crippen molar-refractivity contribution < 1.29 is 4.42 Å². The van der Waals surface area contributed by atoms with Crippen LogP contribution in [0.3, 0.4) is 0 Å². The molecule has 0 aromatic carbocycles. The minimum Gasteiger partial charge on any atom is -0.448 e. The third kappa shape index (κ3) is 1.51. The standard InChI is InChI=1S/C7H9N5O/c1-5-6(9-4-13-5)2-12-3-7(8)10-11-12/h3-4H,2,8H2,1H3. The molecular formula is C7H9N5O. The second-order valence-corrected chi connectivity index (χ2v) is 2.70. The lowest BCUT2D eigenvalue weighted by Gasteiger charge is -1.95. The van der Waals surface area contributed by atoms with Crippen molar-refractivity contribution in [2.24, 2.45) is 0 Å². The van der Waals surface area contributed by atoms with Crippen molar-refractivity contribution in [2.75, 3.05) is 5.73 Å². The van der Waals surface area contributed by atoms with Gasteiger partial charge in [-0.15, -0.1) is 5.10 Å². The Kier molecular flexibility index (Phi) is 1.73. The van der Waals surface area contributed by atoms with E-state index in [-0.39, 0.29) is 0 Å². The molecule has 0 atom stereocenters. The van der Waals surface area contributed by atoms with E-state index in [1.54, 1.807) is 10.9 Å². The van der Waals surface area contributed by atoms with Gasteiger partial charge in [0.2, 0.25) is 0 Å². The van der Waals surface area contributed by atoms with Crippen molar-refractivity contribution in [3.8, 4) is 0 Å². The number of hydrogen-bond acceptors (Lipinski definition) is 5. The molecule has 0 unspecified atom stereocenters. The third-order valence-corrected chi connectivity index (χ3v) is 1.71. The van der Waals surface area contributed by atoms with Crippen molar-refractivity contribution >= 4 is 5.82 Å². The highest BCUT2D eigenvalue weighted by Crippen LogP contribution is 2.06. The molecular weight excluding hydrogens is 170 g/mol. The van der Waals surface area contributed by atoms with E-state index in [0.29, 0.717) is 12.4 Å². The summed E-state index contributed by atoms with van der Waals surface area (Å²) >= 11 is 0. The fourth-order valence-corrected chi connectivity index (χ4v) is 1.02. The van der Waals surface area contributed by atoms with Gasteiger partial charge in [0.05, 0.1) is 12.7 Å². The van der Waals surface area contributed by atoms with Crippen molar-refractivity contribution in [3.05, 3.63) is 24.0 Å². The predicted octanol–water partition coefficient (Wildman–Crippen LogP) is 0.205. The van der Waals surface area contributed by atoms with Crippen LogP contribution in [0.1, 0.15) is 11.5 Å². The SMILES string of the molecule is Cc1ocnc1Cn1cc(N)nn1. The Labute approximate surface area is 74.4 Å². The van der Waals surface area contributed by atoms with Gasteiger partial charge in [0, 0.05) is 0 Å². The Hall–Kier alpha value is -1.85. The molecule has 0 bridgehead atoms. The van der Waals surface area contributed by atoms with Crippen LogP contribution in [0, 0.1) is 6.92 Å². The fraction of sp³-hybridized carbons (Fsp3) is 0.286. The number of rotatable bonds is 2. The van der Waals surface area contributed by atoms with E-state index >= 15 is 0 Å². The van der Waals surface area contributed by atoms with Gasteiger partial charge in [-0.2, -0.15) is 0 Å². The second kappa shape index (κ2) is 2.89. The van der Waals surface area contributed by atoms with Crippen LogP contribution < -0.4 is 5.73 Å². The van der Waals surface area contributed by atoms with Crippen LogP contribution in [0.15, 0.2) is 17.0 Å². The first-order valence-corrected chi connectivity index (χ1v) is 3.80. The molecule has 6 nitrogen and oxygen atoms in total. The Bertz CT molecular complexity index is 404. The predicted molar refractivity (Wildman–Crippen MR) is 44.8 cm³/mol. The van der Waals surface area contributed by atoms with Crippen molar-refractivity contribution in [3.63, 3.8) is 0 Å². The quantitative estimate of drug-likeness (QED) is 0.712. The zero-order valence-electron chi connectivity index (χ0n) is 7.14. The van der Waals surface area contributed by atoms with E-state index < -0.39 is 0 Å². The fourth-order valence-electron chi connectivity index (χ4n) is 1.02. The summed E-state index contributed by atoms with van der Waals surface area (Å²) in [6, 6.07) is 0. The highest BCUT2D eigenvalue weighted by molar-refractivity contribution is 5.20. The summed E-state index contributed by atoms with van der Waals surface area (Å²) in [5.74, 6) is 1.19. The van der Waals surface area contributed by atoms with Gasteiger partial charge >= 0.3 is 0 Å². The zero-order valence-corrected chi connectivity index (χ0v) is 7.14. The van der Waals surface area contributed by atoms with E-state index in [1.807, 2.05) is 6.92 Å². The highest BCUT2D eigenvalue weighted by atomic mass is 16.3. The monoisotopic (exact) mass is 179 g/mol. The van der Waals surface area contributed by atoms with Gasteiger partial charge in [0.15, 0.2) is 12.2 Å². The van der Waals surface area contributed by atoms with Gasteiger partial charge in [0.25, 0.3) is 0 Å². The van der Waals surface area contributed by atoms with E-state index in [1.165, 1.54) is 6.39 Å². The summed E-state index contributed by atoms with van der Waals surface area (Å²) < 4.78 is 6.65. The van der Waals surface area contributed by atoms with Gasteiger partial charge in [-0.25, -0.2) is 9.67 Å². The van der Waals surface area contributed by atoms with E-state index in [2.05, 4.69) is 15.3 Å². The van der Waals surface area contributed by atoms with Crippen LogP contribution in [0.4, 0.5) is 5.82 Å². The Morgan fingerprint density at radius 2 is 2.46 bits per heavy atom. The summed E-state index contributed by atoms with van der Waals surface area (Å²) in [7, 11) is 0. The minimum atomic E-state index is 0.404. The molecule has 2 rings (SSSR count). The molecule has 0 amide bonds. The first-order chi connectivity index (χ1) is 6.25. The van der Waals surface area contributed by atoms with E-state index in [0.717, 1.165) is 11.5 Å². The number of aromatic nitrogens is 4. The average Bonchev–Trinajstić information content (AvgIpc) is 2.64. The highest BCUT2D eigenvalue weighted by Gasteiger charge is 2.04. The molecule has 0 aliphatic rings. The number of aryl methyl sites for hydroxylation is 1. The first kappa shape index (κ1) is 7.78. The molecule has 0 saturated heterocycles. The van der Waals surface area contributed by atoms with Crippen LogP contribution in [0.5, 0.6) is 0 Å². The topological polar surface area (TPSA) is 82.8 Å². The Balaban J connectivity index is 2.19. The molecule has 68 valence electrons. The van der Waals surface area contributed by atoms with E-state index in [4.69, 9.17) is 10.2 Å². The Morgan fingerprint density at radius 3 is 3.00 bits per heavy atom. The number of hydrogen-bond donors (Lipinski definition) is 1. The van der Waals surface area contributed by atoms with Crippen LogP contribution >= 0.6 is 0 Å². The van der Waals surface area contributed by atoms with Gasteiger partial charge in [0.1, 0.15) is 11.5 Å². The summed E-state index contributed by atoms with van der Waals surface area (Å²) in [5, 5.41) is 7.45. The number of nitrogen functional groups attached to an aromatic ring is 1. The molecule has 6 heteroatoms.